The zero-order valence-electron chi connectivity index (χ0n) is 13.0. The third kappa shape index (κ3) is 4.02. The number of aromatic nitrogens is 2. The number of thioether (sulfide) groups is 1. The van der Waals surface area contributed by atoms with Gasteiger partial charge >= 0.3 is 0 Å². The zero-order chi connectivity index (χ0) is 16.9. The van der Waals surface area contributed by atoms with Gasteiger partial charge in [-0.25, -0.2) is 9.37 Å². The van der Waals surface area contributed by atoms with E-state index in [0.29, 0.717) is 10.8 Å². The average molecular weight is 341 g/mol. The fourth-order valence-corrected chi connectivity index (χ4v) is 2.94. The molecule has 1 aromatic heterocycles. The van der Waals surface area contributed by atoms with Crippen molar-refractivity contribution in [1.29, 1.82) is 0 Å². The average Bonchev–Trinajstić information content (AvgIpc) is 3.04. The summed E-state index contributed by atoms with van der Waals surface area (Å²) in [7, 11) is 0. The van der Waals surface area contributed by atoms with Crippen LogP contribution in [0.4, 0.5) is 10.1 Å². The minimum Gasteiger partial charge on any atom is -0.333 e. The van der Waals surface area contributed by atoms with Gasteiger partial charge in [0.15, 0.2) is 5.16 Å². The zero-order valence-corrected chi connectivity index (χ0v) is 13.8. The maximum absolute atomic E-state index is 13.2. The Morgan fingerprint density at radius 2 is 2.00 bits per heavy atom. The molecule has 0 saturated heterocycles. The Kier molecular flexibility index (Phi) is 4.96. The van der Waals surface area contributed by atoms with Crippen LogP contribution in [0.2, 0.25) is 0 Å². The van der Waals surface area contributed by atoms with Crippen LogP contribution in [0.3, 0.4) is 0 Å². The fraction of sp³-hybridized carbons (Fsp3) is 0.111. The number of rotatable bonds is 5. The summed E-state index contributed by atoms with van der Waals surface area (Å²) in [6, 6.07) is 15.7. The quantitative estimate of drug-likeness (QED) is 0.679. The molecule has 3 aromatic rings. The van der Waals surface area contributed by atoms with Gasteiger partial charge in [0.05, 0.1) is 17.1 Å². The van der Waals surface area contributed by atoms with Gasteiger partial charge in [0.1, 0.15) is 5.82 Å². The minimum absolute atomic E-state index is 0.205. The number of H-pyrrole nitrogens is 1. The first-order valence-corrected chi connectivity index (χ1v) is 8.33. The van der Waals surface area contributed by atoms with Crippen LogP contribution in [0, 0.1) is 5.82 Å². The van der Waals surface area contributed by atoms with Crippen LogP contribution in [-0.2, 0) is 4.79 Å². The van der Waals surface area contributed by atoms with Crippen molar-refractivity contribution in [2.45, 2.75) is 17.3 Å². The van der Waals surface area contributed by atoms with Gasteiger partial charge in [0, 0.05) is 5.69 Å². The number of benzene rings is 2. The largest absolute Gasteiger partial charge is 0.333 e. The highest BCUT2D eigenvalue weighted by molar-refractivity contribution is 8.00. The molecule has 0 bridgehead atoms. The Morgan fingerprint density at radius 1 is 1.21 bits per heavy atom. The first kappa shape index (κ1) is 16.3. The van der Waals surface area contributed by atoms with Crippen LogP contribution < -0.4 is 5.32 Å². The molecule has 0 saturated carbocycles. The van der Waals surface area contributed by atoms with Crippen LogP contribution in [0.25, 0.3) is 11.3 Å². The van der Waals surface area contributed by atoms with Gasteiger partial charge in [-0.15, -0.1) is 0 Å². The van der Waals surface area contributed by atoms with Gasteiger partial charge in [-0.3, -0.25) is 4.79 Å². The predicted molar refractivity (Wildman–Crippen MR) is 94.4 cm³/mol. The summed E-state index contributed by atoms with van der Waals surface area (Å²) in [5.74, 6) is -0.588. The maximum atomic E-state index is 13.2. The lowest BCUT2D eigenvalue weighted by molar-refractivity contribution is -0.115. The third-order valence-electron chi connectivity index (χ3n) is 3.39. The topological polar surface area (TPSA) is 57.8 Å². The second-order valence-electron chi connectivity index (χ2n) is 5.23. The second-order valence-corrected chi connectivity index (χ2v) is 6.56. The molecule has 24 heavy (non-hydrogen) atoms. The molecule has 122 valence electrons. The Balaban J connectivity index is 1.63. The van der Waals surface area contributed by atoms with Crippen molar-refractivity contribution in [3.05, 3.63) is 66.6 Å². The number of hydrogen-bond donors (Lipinski definition) is 2. The second kappa shape index (κ2) is 7.31. The number of aromatic amines is 1. The molecular formula is C18H16FN3OS. The molecule has 2 N–H and O–H groups in total. The Morgan fingerprint density at radius 3 is 2.75 bits per heavy atom. The molecule has 0 spiro atoms. The van der Waals surface area contributed by atoms with Gasteiger partial charge in [-0.1, -0.05) is 48.2 Å². The minimum atomic E-state index is -0.383. The Labute approximate surface area is 143 Å². The lowest BCUT2D eigenvalue weighted by atomic mass is 10.2. The molecule has 0 radical (unpaired) electrons. The maximum Gasteiger partial charge on any atom is 0.237 e. The number of nitrogens with one attached hydrogen (secondary N) is 2. The van der Waals surface area contributed by atoms with Crippen molar-refractivity contribution in [3.8, 4) is 11.3 Å². The summed E-state index contributed by atoms with van der Waals surface area (Å²) in [5, 5.41) is 2.99. The molecule has 3 rings (SSSR count). The first-order valence-electron chi connectivity index (χ1n) is 7.45. The lowest BCUT2D eigenvalue weighted by Crippen LogP contribution is -2.22. The van der Waals surface area contributed by atoms with Crippen molar-refractivity contribution in [1.82, 2.24) is 9.97 Å². The Hall–Kier alpha value is -2.60. The number of imidazole rings is 1. The SMILES string of the molecule is CC(Sc1ncc(-c2ccccc2)[nH]1)C(=O)Nc1cccc(F)c1. The van der Waals surface area contributed by atoms with Gasteiger partial charge in [0.2, 0.25) is 5.91 Å². The molecule has 0 aliphatic carbocycles. The van der Waals surface area contributed by atoms with E-state index in [1.807, 2.05) is 30.3 Å². The van der Waals surface area contributed by atoms with Crippen molar-refractivity contribution in [3.63, 3.8) is 0 Å². The molecule has 4 nitrogen and oxygen atoms in total. The number of amides is 1. The van der Waals surface area contributed by atoms with Crippen LogP contribution in [0.1, 0.15) is 6.92 Å². The summed E-state index contributed by atoms with van der Waals surface area (Å²) in [5.41, 5.74) is 2.38. The summed E-state index contributed by atoms with van der Waals surface area (Å²) in [4.78, 5) is 19.7. The number of halogens is 1. The molecular weight excluding hydrogens is 325 g/mol. The van der Waals surface area contributed by atoms with E-state index >= 15 is 0 Å². The number of carbonyl (C=O) groups excluding carboxylic acids is 1. The molecule has 1 amide bonds. The van der Waals surface area contributed by atoms with Crippen molar-refractivity contribution >= 4 is 23.4 Å². The number of anilines is 1. The van der Waals surface area contributed by atoms with Crippen LogP contribution >= 0.6 is 11.8 Å². The molecule has 0 fully saturated rings. The van der Waals surface area contributed by atoms with E-state index in [0.717, 1.165) is 11.3 Å². The van der Waals surface area contributed by atoms with Crippen molar-refractivity contribution < 1.29 is 9.18 Å². The molecule has 6 heteroatoms. The monoisotopic (exact) mass is 341 g/mol. The number of carbonyl (C=O) groups is 1. The molecule has 2 aromatic carbocycles. The number of nitrogens with zero attached hydrogens (tertiary/aromatic N) is 1. The molecule has 0 aliphatic heterocycles. The molecule has 1 heterocycles. The first-order chi connectivity index (χ1) is 11.6. The fourth-order valence-electron chi connectivity index (χ4n) is 2.16. The molecule has 1 atom stereocenters. The highest BCUT2D eigenvalue weighted by Crippen LogP contribution is 2.25. The van der Waals surface area contributed by atoms with Gasteiger partial charge in [-0.05, 0) is 30.7 Å². The van der Waals surface area contributed by atoms with E-state index in [2.05, 4.69) is 15.3 Å². The summed E-state index contributed by atoms with van der Waals surface area (Å²) >= 11 is 1.32. The van der Waals surface area contributed by atoms with Gasteiger partial charge in [0.25, 0.3) is 0 Å². The summed E-state index contributed by atoms with van der Waals surface area (Å²) in [6.07, 6.45) is 1.74. The van der Waals surface area contributed by atoms with Crippen LogP contribution in [0.5, 0.6) is 0 Å². The van der Waals surface area contributed by atoms with Crippen LogP contribution in [-0.4, -0.2) is 21.1 Å². The highest BCUT2D eigenvalue weighted by Gasteiger charge is 2.16. The van der Waals surface area contributed by atoms with E-state index < -0.39 is 0 Å². The van der Waals surface area contributed by atoms with E-state index in [1.165, 1.54) is 23.9 Å². The van der Waals surface area contributed by atoms with Gasteiger partial charge in [-0.2, -0.15) is 0 Å². The Bertz CT molecular complexity index is 835. The standard InChI is InChI=1S/C18H16FN3OS/c1-12(17(23)21-15-9-5-8-14(19)10-15)24-18-20-11-16(22-18)13-6-3-2-4-7-13/h2-12H,1H3,(H,20,22)(H,21,23). The van der Waals surface area contributed by atoms with Crippen LogP contribution in [0.15, 0.2) is 66.0 Å². The number of hydrogen-bond acceptors (Lipinski definition) is 3. The van der Waals surface area contributed by atoms with Gasteiger partial charge < -0.3 is 10.3 Å². The summed E-state index contributed by atoms with van der Waals surface area (Å²) in [6.45, 7) is 1.78. The highest BCUT2D eigenvalue weighted by atomic mass is 32.2. The molecule has 1 unspecified atom stereocenters. The van der Waals surface area contributed by atoms with Crippen molar-refractivity contribution in [2.75, 3.05) is 5.32 Å². The van der Waals surface area contributed by atoms with Crippen molar-refractivity contribution in [2.24, 2.45) is 0 Å². The van der Waals surface area contributed by atoms with E-state index in [9.17, 15) is 9.18 Å². The predicted octanol–water partition coefficient (Wildman–Crippen LogP) is 4.34. The van der Waals surface area contributed by atoms with E-state index in [-0.39, 0.29) is 17.0 Å². The normalized spacial score (nSPS) is 11.9. The molecule has 0 aliphatic rings. The third-order valence-corrected chi connectivity index (χ3v) is 4.39. The smallest absolute Gasteiger partial charge is 0.237 e. The lowest BCUT2D eigenvalue weighted by Gasteiger charge is -2.10. The van der Waals surface area contributed by atoms with E-state index in [1.54, 1.807) is 25.3 Å². The van der Waals surface area contributed by atoms with E-state index in [4.69, 9.17) is 0 Å². The summed E-state index contributed by atoms with van der Waals surface area (Å²) < 4.78 is 13.2.